The van der Waals surface area contributed by atoms with Crippen molar-refractivity contribution in [2.75, 3.05) is 5.32 Å². The summed E-state index contributed by atoms with van der Waals surface area (Å²) in [5.41, 5.74) is 1.63. The number of carbonyl (C=O) groups excluding carboxylic acids is 1. The number of halogens is 1. The molecule has 1 N–H and O–H groups in total. The molecule has 1 amide bonds. The molecule has 5 nitrogen and oxygen atoms in total. The van der Waals surface area contributed by atoms with Gasteiger partial charge in [-0.05, 0) is 36.5 Å². The molecule has 1 aliphatic carbocycles. The van der Waals surface area contributed by atoms with Crippen molar-refractivity contribution in [1.82, 2.24) is 0 Å². The van der Waals surface area contributed by atoms with Gasteiger partial charge in [-0.3, -0.25) is 14.9 Å². The maximum atomic E-state index is 13.7. The zero-order valence-corrected chi connectivity index (χ0v) is 12.5. The monoisotopic (exact) mass is 314 g/mol. The zero-order valence-electron chi connectivity index (χ0n) is 12.5. The molecule has 23 heavy (non-hydrogen) atoms. The largest absolute Gasteiger partial charge is 0.325 e. The van der Waals surface area contributed by atoms with E-state index >= 15 is 0 Å². The molecular weight excluding hydrogens is 299 g/mol. The van der Waals surface area contributed by atoms with E-state index in [4.69, 9.17) is 0 Å². The lowest BCUT2D eigenvalue weighted by atomic mass is 10.1. The molecule has 0 spiro atoms. The molecule has 2 aromatic carbocycles. The molecule has 3 rings (SSSR count). The summed E-state index contributed by atoms with van der Waals surface area (Å²) in [7, 11) is 0. The van der Waals surface area contributed by atoms with Gasteiger partial charge in [0.2, 0.25) is 5.91 Å². The van der Waals surface area contributed by atoms with E-state index in [1.165, 1.54) is 18.2 Å². The summed E-state index contributed by atoms with van der Waals surface area (Å²) in [4.78, 5) is 22.6. The molecule has 0 aliphatic heterocycles. The molecule has 0 radical (unpaired) electrons. The van der Waals surface area contributed by atoms with Crippen molar-refractivity contribution in [3.05, 3.63) is 69.5 Å². The average molecular weight is 314 g/mol. The van der Waals surface area contributed by atoms with Crippen LogP contribution in [0.4, 0.5) is 15.8 Å². The first kappa shape index (κ1) is 15.1. The van der Waals surface area contributed by atoms with Gasteiger partial charge in [-0.2, -0.15) is 0 Å². The van der Waals surface area contributed by atoms with Gasteiger partial charge in [0.1, 0.15) is 5.82 Å². The van der Waals surface area contributed by atoms with Crippen molar-refractivity contribution < 1.29 is 14.1 Å². The van der Waals surface area contributed by atoms with Crippen LogP contribution in [0.25, 0.3) is 0 Å². The molecule has 2 aromatic rings. The van der Waals surface area contributed by atoms with Crippen LogP contribution in [0.2, 0.25) is 0 Å². The van der Waals surface area contributed by atoms with Gasteiger partial charge >= 0.3 is 0 Å². The Morgan fingerprint density at radius 1 is 1.30 bits per heavy atom. The Hall–Kier alpha value is -2.76. The van der Waals surface area contributed by atoms with E-state index < -0.39 is 4.92 Å². The molecule has 0 bridgehead atoms. The van der Waals surface area contributed by atoms with Crippen LogP contribution in [0.1, 0.15) is 23.5 Å². The molecular formula is C17H15FN2O3. The van der Waals surface area contributed by atoms with Gasteiger partial charge in [-0.25, -0.2) is 4.39 Å². The van der Waals surface area contributed by atoms with E-state index in [1.807, 2.05) is 0 Å². The lowest BCUT2D eigenvalue weighted by Crippen LogP contribution is -2.15. The van der Waals surface area contributed by atoms with E-state index in [1.54, 1.807) is 31.2 Å². The van der Waals surface area contributed by atoms with E-state index in [-0.39, 0.29) is 29.2 Å². The van der Waals surface area contributed by atoms with Crippen LogP contribution in [0, 0.1) is 28.8 Å². The van der Waals surface area contributed by atoms with Gasteiger partial charge in [0.25, 0.3) is 5.69 Å². The molecule has 6 heteroatoms. The van der Waals surface area contributed by atoms with Crippen LogP contribution in [0.3, 0.4) is 0 Å². The number of anilines is 1. The third-order valence-electron chi connectivity index (χ3n) is 4.12. The summed E-state index contributed by atoms with van der Waals surface area (Å²) in [6.45, 7) is 1.76. The number of nitrogens with one attached hydrogen (secondary N) is 1. The Labute approximate surface area is 132 Å². The predicted octanol–water partition coefficient (Wildman–Crippen LogP) is 3.78. The topological polar surface area (TPSA) is 72.2 Å². The molecule has 2 atom stereocenters. The second-order valence-electron chi connectivity index (χ2n) is 5.72. The number of hydrogen-bond donors (Lipinski definition) is 1. The quantitative estimate of drug-likeness (QED) is 0.689. The third kappa shape index (κ3) is 3.06. The Morgan fingerprint density at radius 3 is 2.74 bits per heavy atom. The zero-order chi connectivity index (χ0) is 16.6. The fourth-order valence-corrected chi connectivity index (χ4v) is 2.69. The summed E-state index contributed by atoms with van der Waals surface area (Å²) in [6, 6.07) is 10.8. The van der Waals surface area contributed by atoms with Crippen molar-refractivity contribution in [2.24, 2.45) is 5.92 Å². The van der Waals surface area contributed by atoms with Crippen LogP contribution in [-0.2, 0) is 4.79 Å². The number of amides is 1. The lowest BCUT2D eigenvalue weighted by Gasteiger charge is -2.08. The van der Waals surface area contributed by atoms with Crippen molar-refractivity contribution in [2.45, 2.75) is 19.3 Å². The highest BCUT2D eigenvalue weighted by Crippen LogP contribution is 2.48. The number of nitro groups is 1. The Balaban J connectivity index is 1.73. The fraction of sp³-hybridized carbons (Fsp3) is 0.235. The number of nitro benzene ring substituents is 1. The molecule has 0 saturated heterocycles. The normalized spacial score (nSPS) is 19.2. The second-order valence-corrected chi connectivity index (χ2v) is 5.72. The SMILES string of the molecule is Cc1ccc([N+](=O)[O-])cc1NC(=O)C1CC1c1ccccc1F. The van der Waals surface area contributed by atoms with E-state index in [2.05, 4.69) is 5.32 Å². The van der Waals surface area contributed by atoms with E-state index in [9.17, 15) is 19.3 Å². The number of rotatable bonds is 4. The van der Waals surface area contributed by atoms with Gasteiger partial charge in [0.05, 0.1) is 10.6 Å². The van der Waals surface area contributed by atoms with Crippen molar-refractivity contribution >= 4 is 17.3 Å². The Kier molecular flexibility index (Phi) is 3.82. The molecule has 1 saturated carbocycles. The highest BCUT2D eigenvalue weighted by atomic mass is 19.1. The molecule has 118 valence electrons. The molecule has 2 unspecified atom stereocenters. The minimum Gasteiger partial charge on any atom is -0.325 e. The van der Waals surface area contributed by atoms with Gasteiger partial charge in [0.15, 0.2) is 0 Å². The standard InChI is InChI=1S/C17H15FN2O3/c1-10-6-7-11(20(22)23)8-16(10)19-17(21)14-9-13(14)12-4-2-3-5-15(12)18/h2-8,13-14H,9H2,1H3,(H,19,21). The number of non-ortho nitro benzene ring substituents is 1. The first-order valence-corrected chi connectivity index (χ1v) is 7.27. The highest BCUT2D eigenvalue weighted by Gasteiger charge is 2.45. The van der Waals surface area contributed by atoms with Crippen molar-refractivity contribution in [3.63, 3.8) is 0 Å². The van der Waals surface area contributed by atoms with Gasteiger partial charge < -0.3 is 5.32 Å². The summed E-state index contributed by atoms with van der Waals surface area (Å²) in [5, 5.41) is 13.5. The first-order chi connectivity index (χ1) is 11.0. The number of hydrogen-bond acceptors (Lipinski definition) is 3. The summed E-state index contributed by atoms with van der Waals surface area (Å²) in [5.74, 6) is -0.970. The van der Waals surface area contributed by atoms with Crippen LogP contribution in [-0.4, -0.2) is 10.8 Å². The second kappa shape index (κ2) is 5.79. The van der Waals surface area contributed by atoms with Gasteiger partial charge in [-0.1, -0.05) is 24.3 Å². The average Bonchev–Trinajstić information content (AvgIpc) is 3.30. The third-order valence-corrected chi connectivity index (χ3v) is 4.12. The number of carbonyl (C=O) groups is 1. The van der Waals surface area contributed by atoms with Gasteiger partial charge in [-0.15, -0.1) is 0 Å². The molecule has 1 aliphatic rings. The predicted molar refractivity (Wildman–Crippen MR) is 83.7 cm³/mol. The van der Waals surface area contributed by atoms with Crippen LogP contribution >= 0.6 is 0 Å². The number of benzene rings is 2. The minimum absolute atomic E-state index is 0.0765. The molecule has 0 aromatic heterocycles. The lowest BCUT2D eigenvalue weighted by molar-refractivity contribution is -0.384. The van der Waals surface area contributed by atoms with E-state index in [0.717, 1.165) is 5.56 Å². The smallest absolute Gasteiger partial charge is 0.271 e. The maximum Gasteiger partial charge on any atom is 0.271 e. The molecule has 0 heterocycles. The summed E-state index contributed by atoms with van der Waals surface area (Å²) in [6.07, 6.45) is 0.584. The summed E-state index contributed by atoms with van der Waals surface area (Å²) < 4.78 is 13.7. The Bertz CT molecular complexity index is 791. The van der Waals surface area contributed by atoms with Crippen molar-refractivity contribution in [3.8, 4) is 0 Å². The minimum atomic E-state index is -0.506. The number of aryl methyl sites for hydroxylation is 1. The van der Waals surface area contributed by atoms with Crippen LogP contribution in [0.15, 0.2) is 42.5 Å². The highest BCUT2D eigenvalue weighted by molar-refractivity contribution is 5.96. The Morgan fingerprint density at radius 2 is 2.04 bits per heavy atom. The van der Waals surface area contributed by atoms with Crippen molar-refractivity contribution in [1.29, 1.82) is 0 Å². The van der Waals surface area contributed by atoms with Gasteiger partial charge in [0, 0.05) is 18.1 Å². The maximum absolute atomic E-state index is 13.7. The van der Waals surface area contributed by atoms with Crippen LogP contribution in [0.5, 0.6) is 0 Å². The van der Waals surface area contributed by atoms with E-state index in [0.29, 0.717) is 17.7 Å². The summed E-state index contributed by atoms with van der Waals surface area (Å²) >= 11 is 0. The molecule has 1 fully saturated rings. The fourth-order valence-electron chi connectivity index (χ4n) is 2.69. The van der Waals surface area contributed by atoms with Crippen LogP contribution < -0.4 is 5.32 Å². The number of nitrogens with zero attached hydrogens (tertiary/aromatic N) is 1. The first-order valence-electron chi connectivity index (χ1n) is 7.27.